The maximum absolute atomic E-state index is 12.5. The van der Waals surface area contributed by atoms with Gasteiger partial charge in [0, 0.05) is 13.1 Å². The molecule has 0 aliphatic rings. The molecule has 6 heteroatoms. The van der Waals surface area contributed by atoms with Gasteiger partial charge in [0.05, 0.1) is 12.0 Å². The zero-order valence-electron chi connectivity index (χ0n) is 14.2. The van der Waals surface area contributed by atoms with Gasteiger partial charge < -0.3 is 10.1 Å². The Morgan fingerprint density at radius 2 is 1.86 bits per heavy atom. The van der Waals surface area contributed by atoms with Crippen LogP contribution < -0.4 is 14.8 Å². The number of nitrogens with one attached hydrogen (secondary N) is 2. The summed E-state index contributed by atoms with van der Waals surface area (Å²) in [7, 11) is -1.90. The first kappa shape index (κ1) is 18.9. The molecule has 0 bridgehead atoms. The Morgan fingerprint density at radius 3 is 2.41 bits per heavy atom. The molecule has 22 heavy (non-hydrogen) atoms. The van der Waals surface area contributed by atoms with E-state index in [0.29, 0.717) is 23.5 Å². The van der Waals surface area contributed by atoms with Crippen molar-refractivity contribution >= 4 is 10.0 Å². The van der Waals surface area contributed by atoms with Gasteiger partial charge in [0.15, 0.2) is 0 Å². The molecule has 0 aromatic heterocycles. The Bertz CT molecular complexity index is 583. The van der Waals surface area contributed by atoms with E-state index in [-0.39, 0.29) is 5.92 Å². The van der Waals surface area contributed by atoms with Crippen LogP contribution in [0.5, 0.6) is 5.75 Å². The average Bonchev–Trinajstić information content (AvgIpc) is 2.45. The first-order valence-electron chi connectivity index (χ1n) is 7.72. The molecule has 0 amide bonds. The van der Waals surface area contributed by atoms with Gasteiger partial charge >= 0.3 is 0 Å². The highest BCUT2D eigenvalue weighted by Gasteiger charge is 2.20. The number of benzene rings is 1. The van der Waals surface area contributed by atoms with Gasteiger partial charge in [-0.1, -0.05) is 20.8 Å². The summed E-state index contributed by atoms with van der Waals surface area (Å²) in [5, 5.41) is 3.17. The Labute approximate surface area is 134 Å². The van der Waals surface area contributed by atoms with Gasteiger partial charge in [-0.15, -0.1) is 0 Å². The number of ether oxygens (including phenoxy) is 1. The summed E-state index contributed by atoms with van der Waals surface area (Å²) in [5.74, 6) is 0.923. The topological polar surface area (TPSA) is 67.4 Å². The largest absolute Gasteiger partial charge is 0.496 e. The molecule has 0 fully saturated rings. The van der Waals surface area contributed by atoms with Gasteiger partial charge in [-0.25, -0.2) is 13.1 Å². The van der Waals surface area contributed by atoms with Crippen molar-refractivity contribution in [1.82, 2.24) is 10.0 Å². The smallest absolute Gasteiger partial charge is 0.240 e. The van der Waals surface area contributed by atoms with Crippen LogP contribution in [0.15, 0.2) is 17.0 Å². The third-order valence-corrected chi connectivity index (χ3v) is 5.06. The van der Waals surface area contributed by atoms with Gasteiger partial charge in [-0.3, -0.25) is 0 Å². The van der Waals surface area contributed by atoms with Gasteiger partial charge in [-0.2, -0.15) is 0 Å². The van der Waals surface area contributed by atoms with Crippen molar-refractivity contribution in [3.05, 3.63) is 23.3 Å². The molecule has 1 aromatic carbocycles. The maximum Gasteiger partial charge on any atom is 0.240 e. The van der Waals surface area contributed by atoms with Gasteiger partial charge in [0.1, 0.15) is 5.75 Å². The highest BCUT2D eigenvalue weighted by Crippen LogP contribution is 2.31. The first-order chi connectivity index (χ1) is 10.3. The minimum Gasteiger partial charge on any atom is -0.496 e. The van der Waals surface area contributed by atoms with Crippen molar-refractivity contribution in [3.8, 4) is 5.75 Å². The summed E-state index contributed by atoms with van der Waals surface area (Å²) in [4.78, 5) is 0.326. The first-order valence-corrected chi connectivity index (χ1v) is 9.20. The predicted octanol–water partition coefficient (Wildman–Crippen LogP) is 2.40. The van der Waals surface area contributed by atoms with E-state index in [1.54, 1.807) is 26.2 Å². The number of methoxy groups -OCH3 is 1. The molecule has 0 atom stereocenters. The van der Waals surface area contributed by atoms with Crippen LogP contribution in [-0.4, -0.2) is 35.2 Å². The molecule has 0 saturated carbocycles. The zero-order valence-corrected chi connectivity index (χ0v) is 15.0. The fourth-order valence-corrected chi connectivity index (χ4v) is 3.54. The lowest BCUT2D eigenvalue weighted by atomic mass is 10.0. The molecule has 0 heterocycles. The van der Waals surface area contributed by atoms with Gasteiger partial charge in [0.25, 0.3) is 0 Å². The van der Waals surface area contributed by atoms with E-state index in [1.165, 1.54) is 0 Å². The lowest BCUT2D eigenvalue weighted by Crippen LogP contribution is -2.32. The summed E-state index contributed by atoms with van der Waals surface area (Å²) < 4.78 is 33.0. The second-order valence-electron chi connectivity index (χ2n) is 5.66. The van der Waals surface area contributed by atoms with Crippen molar-refractivity contribution in [3.63, 3.8) is 0 Å². The fourth-order valence-electron chi connectivity index (χ4n) is 2.25. The third-order valence-electron chi connectivity index (χ3n) is 3.46. The summed E-state index contributed by atoms with van der Waals surface area (Å²) in [6.45, 7) is 9.80. The summed E-state index contributed by atoms with van der Waals surface area (Å²) in [5.41, 5.74) is 1.59. The van der Waals surface area contributed by atoms with E-state index in [2.05, 4.69) is 17.0 Å². The van der Waals surface area contributed by atoms with E-state index >= 15 is 0 Å². The molecule has 0 unspecified atom stereocenters. The molecule has 0 aliphatic heterocycles. The molecule has 0 aliphatic carbocycles. The van der Waals surface area contributed by atoms with Crippen LogP contribution in [0, 0.1) is 6.92 Å². The monoisotopic (exact) mass is 328 g/mol. The van der Waals surface area contributed by atoms with Crippen LogP contribution in [0.1, 0.15) is 44.2 Å². The zero-order chi connectivity index (χ0) is 16.8. The lowest BCUT2D eigenvalue weighted by molar-refractivity contribution is 0.406. The molecule has 1 rings (SSSR count). The second kappa shape index (κ2) is 8.50. The molecule has 126 valence electrons. The number of aryl methyl sites for hydroxylation is 1. The Hall–Kier alpha value is -1.11. The molecule has 1 aromatic rings. The summed E-state index contributed by atoms with van der Waals surface area (Å²) >= 11 is 0. The Morgan fingerprint density at radius 1 is 1.18 bits per heavy atom. The molecule has 0 saturated heterocycles. The van der Waals surface area contributed by atoms with Crippen molar-refractivity contribution in [2.45, 2.75) is 44.9 Å². The van der Waals surface area contributed by atoms with Crippen LogP contribution in [-0.2, 0) is 10.0 Å². The third kappa shape index (κ3) is 4.97. The summed E-state index contributed by atoms with van der Waals surface area (Å²) in [6.07, 6.45) is 1.03. The van der Waals surface area contributed by atoms with Crippen molar-refractivity contribution in [2.75, 3.05) is 26.7 Å². The Kier molecular flexibility index (Phi) is 7.32. The number of rotatable bonds is 9. The fraction of sp³-hybridized carbons (Fsp3) is 0.625. The van der Waals surface area contributed by atoms with Crippen molar-refractivity contribution in [1.29, 1.82) is 0 Å². The highest BCUT2D eigenvalue weighted by atomic mass is 32.2. The van der Waals surface area contributed by atoms with E-state index in [9.17, 15) is 8.42 Å². The van der Waals surface area contributed by atoms with E-state index in [1.807, 2.05) is 13.8 Å². The van der Waals surface area contributed by atoms with Crippen LogP contribution in [0.4, 0.5) is 0 Å². The number of hydrogen-bond donors (Lipinski definition) is 2. The molecule has 0 radical (unpaired) electrons. The number of sulfonamides is 1. The minimum atomic E-state index is -3.50. The molecule has 0 spiro atoms. The van der Waals surface area contributed by atoms with Crippen molar-refractivity contribution in [2.24, 2.45) is 0 Å². The maximum atomic E-state index is 12.5. The quantitative estimate of drug-likeness (QED) is 0.683. The van der Waals surface area contributed by atoms with E-state index in [0.717, 1.165) is 24.3 Å². The van der Waals surface area contributed by atoms with Crippen LogP contribution >= 0.6 is 0 Å². The minimum absolute atomic E-state index is 0.190. The normalized spacial score (nSPS) is 11.9. The SMILES string of the molecule is CCCNCCNS(=O)(=O)c1cc(C(C)C)c(OC)cc1C. The van der Waals surface area contributed by atoms with Gasteiger partial charge in [-0.05, 0) is 49.1 Å². The molecular weight excluding hydrogens is 300 g/mol. The average molecular weight is 328 g/mol. The summed E-state index contributed by atoms with van der Waals surface area (Å²) in [6, 6.07) is 3.51. The highest BCUT2D eigenvalue weighted by molar-refractivity contribution is 7.89. The second-order valence-corrected chi connectivity index (χ2v) is 7.40. The van der Waals surface area contributed by atoms with Crippen LogP contribution in [0.3, 0.4) is 0 Å². The van der Waals surface area contributed by atoms with Crippen LogP contribution in [0.25, 0.3) is 0 Å². The number of hydrogen-bond acceptors (Lipinski definition) is 4. The molecule has 2 N–H and O–H groups in total. The van der Waals surface area contributed by atoms with E-state index in [4.69, 9.17) is 4.74 Å². The van der Waals surface area contributed by atoms with Crippen molar-refractivity contribution < 1.29 is 13.2 Å². The van der Waals surface area contributed by atoms with Gasteiger partial charge in [0.2, 0.25) is 10.0 Å². The molecular formula is C16H28N2O3S. The predicted molar refractivity (Wildman–Crippen MR) is 90.2 cm³/mol. The van der Waals surface area contributed by atoms with E-state index < -0.39 is 10.0 Å². The standard InChI is InChI=1S/C16H28N2O3S/c1-6-7-17-8-9-18-22(19,20)16-11-14(12(2)3)15(21-5)10-13(16)4/h10-12,17-18H,6-9H2,1-5H3. The lowest BCUT2D eigenvalue weighted by Gasteiger charge is -2.16. The Balaban J connectivity index is 2.96. The van der Waals surface area contributed by atoms with Crippen LogP contribution in [0.2, 0.25) is 0 Å². The molecule has 5 nitrogen and oxygen atoms in total.